The Labute approximate surface area is 146 Å². The second kappa shape index (κ2) is 5.94. The number of alkyl halides is 3. The van der Waals surface area contributed by atoms with E-state index in [9.17, 15) is 18.3 Å². The molecule has 1 atom stereocenters. The summed E-state index contributed by atoms with van der Waals surface area (Å²) in [5, 5.41) is 28.3. The van der Waals surface area contributed by atoms with Crippen molar-refractivity contribution in [2.24, 2.45) is 7.05 Å². The third-order valence-electron chi connectivity index (χ3n) is 4.27. The SMILES string of the molecule is Cc1c(NCC(C)(O)c2cnn(C)c2)nn2c(C(F)(F)F)nnc2c1C. The van der Waals surface area contributed by atoms with Gasteiger partial charge in [-0.1, -0.05) is 0 Å². The highest BCUT2D eigenvalue weighted by atomic mass is 19.4. The van der Waals surface area contributed by atoms with Crippen molar-refractivity contribution in [3.05, 3.63) is 34.9 Å². The van der Waals surface area contributed by atoms with E-state index in [0.717, 1.165) is 0 Å². The Morgan fingerprint density at radius 1 is 1.19 bits per heavy atom. The molecule has 3 heterocycles. The molecule has 1 unspecified atom stereocenters. The molecule has 0 aliphatic heterocycles. The van der Waals surface area contributed by atoms with Crippen LogP contribution < -0.4 is 5.32 Å². The highest BCUT2D eigenvalue weighted by Gasteiger charge is 2.38. The van der Waals surface area contributed by atoms with E-state index in [1.807, 2.05) is 0 Å². The molecule has 0 saturated carbocycles. The number of aliphatic hydroxyl groups is 1. The number of nitrogens with one attached hydrogen (secondary N) is 1. The Kier molecular flexibility index (Phi) is 4.14. The number of aryl methyl sites for hydroxylation is 2. The number of hydrogen-bond donors (Lipinski definition) is 2. The van der Waals surface area contributed by atoms with Crippen LogP contribution in [0.1, 0.15) is 29.4 Å². The van der Waals surface area contributed by atoms with Crippen molar-refractivity contribution in [3.8, 4) is 0 Å². The van der Waals surface area contributed by atoms with Crippen molar-refractivity contribution in [1.29, 1.82) is 0 Å². The zero-order chi connectivity index (χ0) is 19.3. The molecule has 0 amide bonds. The van der Waals surface area contributed by atoms with Gasteiger partial charge < -0.3 is 10.4 Å². The predicted molar refractivity (Wildman–Crippen MR) is 86.5 cm³/mol. The van der Waals surface area contributed by atoms with E-state index >= 15 is 0 Å². The standard InChI is InChI=1S/C15H18F3N7O/c1-8-9(2)12-21-22-13(15(16,17)18)25(12)23-11(8)19-7-14(3,26)10-5-20-24(4)6-10/h5-6,26H,7H2,1-4H3,(H,19,23). The lowest BCUT2D eigenvalue weighted by atomic mass is 9.99. The van der Waals surface area contributed by atoms with Crippen molar-refractivity contribution in [2.45, 2.75) is 32.5 Å². The van der Waals surface area contributed by atoms with Crippen LogP contribution in [0, 0.1) is 13.8 Å². The van der Waals surface area contributed by atoms with Gasteiger partial charge in [0.25, 0.3) is 5.82 Å². The minimum Gasteiger partial charge on any atom is -0.383 e. The van der Waals surface area contributed by atoms with Crippen molar-refractivity contribution >= 4 is 11.5 Å². The van der Waals surface area contributed by atoms with E-state index in [1.165, 1.54) is 6.20 Å². The fourth-order valence-electron chi connectivity index (χ4n) is 2.53. The van der Waals surface area contributed by atoms with E-state index < -0.39 is 17.6 Å². The molecule has 11 heteroatoms. The van der Waals surface area contributed by atoms with Crippen LogP contribution in [0.5, 0.6) is 0 Å². The smallest absolute Gasteiger partial charge is 0.383 e. The van der Waals surface area contributed by atoms with Crippen LogP contribution in [-0.4, -0.2) is 41.2 Å². The number of aromatic nitrogens is 6. The zero-order valence-corrected chi connectivity index (χ0v) is 14.6. The highest BCUT2D eigenvalue weighted by molar-refractivity contribution is 5.58. The topological polar surface area (TPSA) is 93.2 Å². The molecule has 0 spiro atoms. The number of rotatable bonds is 4. The van der Waals surface area contributed by atoms with Gasteiger partial charge >= 0.3 is 6.18 Å². The summed E-state index contributed by atoms with van der Waals surface area (Å²) in [6, 6.07) is 0. The van der Waals surface area contributed by atoms with Gasteiger partial charge in [0.2, 0.25) is 0 Å². The summed E-state index contributed by atoms with van der Waals surface area (Å²) in [5.74, 6) is -0.984. The van der Waals surface area contributed by atoms with E-state index in [0.29, 0.717) is 21.2 Å². The zero-order valence-electron chi connectivity index (χ0n) is 14.6. The van der Waals surface area contributed by atoms with Crippen LogP contribution in [0.15, 0.2) is 12.4 Å². The lowest BCUT2D eigenvalue weighted by Crippen LogP contribution is -2.31. The minimum atomic E-state index is -4.67. The van der Waals surface area contributed by atoms with E-state index in [-0.39, 0.29) is 18.0 Å². The first-order valence-corrected chi connectivity index (χ1v) is 7.76. The number of fused-ring (bicyclic) bond motifs is 1. The molecule has 0 aliphatic carbocycles. The summed E-state index contributed by atoms with van der Waals surface area (Å²) in [7, 11) is 1.72. The predicted octanol–water partition coefficient (Wildman–Crippen LogP) is 1.81. The molecular weight excluding hydrogens is 351 g/mol. The van der Waals surface area contributed by atoms with Crippen molar-refractivity contribution in [2.75, 3.05) is 11.9 Å². The molecule has 3 aromatic heterocycles. The molecule has 3 aromatic rings. The van der Waals surface area contributed by atoms with Crippen LogP contribution in [0.4, 0.5) is 19.0 Å². The van der Waals surface area contributed by atoms with Gasteiger partial charge in [0, 0.05) is 30.9 Å². The van der Waals surface area contributed by atoms with E-state index in [4.69, 9.17) is 0 Å². The molecule has 0 aromatic carbocycles. The van der Waals surface area contributed by atoms with Gasteiger partial charge in [-0.3, -0.25) is 4.68 Å². The summed E-state index contributed by atoms with van der Waals surface area (Å²) in [6.07, 6.45) is -1.48. The molecule has 26 heavy (non-hydrogen) atoms. The van der Waals surface area contributed by atoms with Gasteiger partial charge in [0.15, 0.2) is 5.65 Å². The van der Waals surface area contributed by atoms with Crippen LogP contribution in [0.25, 0.3) is 5.65 Å². The maximum absolute atomic E-state index is 13.1. The average molecular weight is 369 g/mol. The van der Waals surface area contributed by atoms with Crippen LogP contribution >= 0.6 is 0 Å². The molecule has 3 rings (SSSR count). The molecule has 0 bridgehead atoms. The lowest BCUT2D eigenvalue weighted by Gasteiger charge is -2.23. The molecule has 8 nitrogen and oxygen atoms in total. The largest absolute Gasteiger partial charge is 0.453 e. The van der Waals surface area contributed by atoms with Crippen LogP contribution in [-0.2, 0) is 18.8 Å². The number of halogens is 3. The van der Waals surface area contributed by atoms with Crippen molar-refractivity contribution in [1.82, 2.24) is 29.6 Å². The first-order chi connectivity index (χ1) is 12.0. The van der Waals surface area contributed by atoms with Crippen molar-refractivity contribution < 1.29 is 18.3 Å². The summed E-state index contributed by atoms with van der Waals surface area (Å²) in [4.78, 5) is 0. The fourth-order valence-corrected chi connectivity index (χ4v) is 2.53. The molecule has 2 N–H and O–H groups in total. The second-order valence-corrected chi connectivity index (χ2v) is 6.39. The average Bonchev–Trinajstić information content (AvgIpc) is 3.15. The Hall–Kier alpha value is -2.69. The summed E-state index contributed by atoms with van der Waals surface area (Å²) in [5.41, 5.74) is 0.473. The van der Waals surface area contributed by atoms with Gasteiger partial charge in [-0.25, -0.2) is 0 Å². The van der Waals surface area contributed by atoms with Crippen LogP contribution in [0.3, 0.4) is 0 Å². The third kappa shape index (κ3) is 3.09. The van der Waals surface area contributed by atoms with E-state index in [2.05, 4.69) is 25.7 Å². The Bertz CT molecular complexity index is 958. The second-order valence-electron chi connectivity index (χ2n) is 6.39. The molecular formula is C15H18F3N7O. The molecule has 0 aliphatic rings. The van der Waals surface area contributed by atoms with E-state index in [1.54, 1.807) is 38.7 Å². The first-order valence-electron chi connectivity index (χ1n) is 7.76. The third-order valence-corrected chi connectivity index (χ3v) is 4.27. The van der Waals surface area contributed by atoms with Gasteiger partial charge in [-0.2, -0.15) is 22.8 Å². The summed E-state index contributed by atoms with van der Waals surface area (Å²) in [6.45, 7) is 4.97. The first kappa shape index (κ1) is 18.1. The molecule has 0 fully saturated rings. The molecule has 140 valence electrons. The number of nitrogens with zero attached hydrogens (tertiary/aromatic N) is 6. The highest BCUT2D eigenvalue weighted by Crippen LogP contribution is 2.30. The monoisotopic (exact) mass is 369 g/mol. The van der Waals surface area contributed by atoms with Gasteiger partial charge in [-0.15, -0.1) is 15.3 Å². The van der Waals surface area contributed by atoms with Gasteiger partial charge in [0.05, 0.1) is 6.20 Å². The Balaban J connectivity index is 1.96. The maximum Gasteiger partial charge on any atom is 0.453 e. The minimum absolute atomic E-state index is 0.0287. The van der Waals surface area contributed by atoms with Gasteiger partial charge in [0.1, 0.15) is 11.4 Å². The molecule has 0 radical (unpaired) electrons. The van der Waals surface area contributed by atoms with Crippen LogP contribution in [0.2, 0.25) is 0 Å². The molecule has 0 saturated heterocycles. The Morgan fingerprint density at radius 3 is 2.46 bits per heavy atom. The Morgan fingerprint density at radius 2 is 1.88 bits per heavy atom. The summed E-state index contributed by atoms with van der Waals surface area (Å²) < 4.78 is 41.5. The fraction of sp³-hybridized carbons (Fsp3) is 0.467. The maximum atomic E-state index is 13.1. The van der Waals surface area contributed by atoms with Crippen molar-refractivity contribution in [3.63, 3.8) is 0 Å². The quantitative estimate of drug-likeness (QED) is 0.729. The normalized spacial score (nSPS) is 14.6. The number of hydrogen-bond acceptors (Lipinski definition) is 6. The lowest BCUT2D eigenvalue weighted by molar-refractivity contribution is -0.146. The van der Waals surface area contributed by atoms with Gasteiger partial charge in [-0.05, 0) is 26.3 Å². The summed E-state index contributed by atoms with van der Waals surface area (Å²) >= 11 is 0. The number of anilines is 1.